The van der Waals surface area contributed by atoms with E-state index in [1.54, 1.807) is 6.92 Å². The number of nitrogens with zero attached hydrogens (tertiary/aromatic N) is 2. The van der Waals surface area contributed by atoms with E-state index in [4.69, 9.17) is 0 Å². The number of carbonyl (C=O) groups excluding carboxylic acids is 2. The standard InChI is InChI=1S/C4H6N2O3/c1-2-9-4(8)6-5-3-7/h3H,2H2,1H3. The van der Waals surface area contributed by atoms with E-state index in [1.165, 1.54) is 0 Å². The van der Waals surface area contributed by atoms with Gasteiger partial charge in [-0.3, -0.25) is 4.79 Å². The molecule has 0 radical (unpaired) electrons. The second-order valence-corrected chi connectivity index (χ2v) is 1.02. The molecule has 0 aliphatic carbocycles. The van der Waals surface area contributed by atoms with Crippen molar-refractivity contribution in [1.29, 1.82) is 0 Å². The van der Waals surface area contributed by atoms with Crippen LogP contribution in [-0.4, -0.2) is 19.1 Å². The van der Waals surface area contributed by atoms with Crippen molar-refractivity contribution < 1.29 is 14.3 Å². The van der Waals surface area contributed by atoms with Crippen LogP contribution in [0.1, 0.15) is 6.92 Å². The van der Waals surface area contributed by atoms with E-state index in [0.717, 1.165) is 0 Å². The summed E-state index contributed by atoms with van der Waals surface area (Å²) in [6, 6.07) is 0. The quantitative estimate of drug-likeness (QED) is 0.409. The van der Waals surface area contributed by atoms with Crippen molar-refractivity contribution in [3.63, 3.8) is 0 Å². The lowest BCUT2D eigenvalue weighted by atomic mass is 10.9. The smallest absolute Gasteiger partial charge is 0.447 e. The molecule has 50 valence electrons. The molecule has 0 aliphatic rings. The molecule has 5 nitrogen and oxygen atoms in total. The third-order valence-electron chi connectivity index (χ3n) is 0.454. The largest absolute Gasteiger partial charge is 0.452 e. The molecular formula is C4H6N2O3. The van der Waals surface area contributed by atoms with E-state index >= 15 is 0 Å². The first-order valence-corrected chi connectivity index (χ1v) is 2.32. The summed E-state index contributed by atoms with van der Waals surface area (Å²) in [5, 5.41) is 5.59. The molecular weight excluding hydrogens is 124 g/mol. The predicted octanol–water partition coefficient (Wildman–Crippen LogP) is 0.752. The Hall–Kier alpha value is -1.26. The number of hydrogen-bond donors (Lipinski definition) is 0. The maximum absolute atomic E-state index is 10.2. The zero-order chi connectivity index (χ0) is 7.11. The Balaban J connectivity index is 3.49. The first kappa shape index (κ1) is 7.74. The van der Waals surface area contributed by atoms with Gasteiger partial charge < -0.3 is 4.74 Å². The highest BCUT2D eigenvalue weighted by atomic mass is 16.5. The van der Waals surface area contributed by atoms with Gasteiger partial charge in [0, 0.05) is 0 Å². The summed E-state index contributed by atoms with van der Waals surface area (Å²) in [6.45, 7) is 1.87. The van der Waals surface area contributed by atoms with Gasteiger partial charge in [0.2, 0.25) is 0 Å². The van der Waals surface area contributed by atoms with Gasteiger partial charge in [0.15, 0.2) is 0 Å². The second kappa shape index (κ2) is 4.89. The summed E-state index contributed by atoms with van der Waals surface area (Å²) in [6.07, 6.45) is -0.679. The van der Waals surface area contributed by atoms with Crippen LogP contribution in [0.15, 0.2) is 10.2 Å². The van der Waals surface area contributed by atoms with Gasteiger partial charge in [0.05, 0.1) is 6.61 Å². The van der Waals surface area contributed by atoms with Gasteiger partial charge in [-0.2, -0.15) is 0 Å². The SMILES string of the molecule is CCOC(=O)N=NC=O. The summed E-state index contributed by atoms with van der Waals surface area (Å²) in [4.78, 5) is 19.6. The minimum absolute atomic E-state index is 0.164. The van der Waals surface area contributed by atoms with Crippen molar-refractivity contribution in [2.24, 2.45) is 10.2 Å². The molecule has 0 atom stereocenters. The van der Waals surface area contributed by atoms with Crippen molar-refractivity contribution in [1.82, 2.24) is 0 Å². The Bertz CT molecular complexity index is 132. The molecule has 0 rings (SSSR count). The van der Waals surface area contributed by atoms with Gasteiger partial charge in [0.25, 0.3) is 6.41 Å². The first-order chi connectivity index (χ1) is 4.31. The Morgan fingerprint density at radius 1 is 1.78 bits per heavy atom. The average molecular weight is 130 g/mol. The van der Waals surface area contributed by atoms with E-state index in [1.807, 2.05) is 0 Å². The lowest BCUT2D eigenvalue weighted by molar-refractivity contribution is -0.107. The second-order valence-electron chi connectivity index (χ2n) is 1.02. The van der Waals surface area contributed by atoms with Crippen LogP contribution in [0.25, 0.3) is 0 Å². The molecule has 0 saturated carbocycles. The Labute approximate surface area is 51.7 Å². The van der Waals surface area contributed by atoms with E-state index < -0.39 is 6.09 Å². The van der Waals surface area contributed by atoms with Crippen LogP contribution in [0.2, 0.25) is 0 Å². The third-order valence-corrected chi connectivity index (χ3v) is 0.454. The minimum Gasteiger partial charge on any atom is -0.447 e. The zero-order valence-electron chi connectivity index (χ0n) is 4.90. The van der Waals surface area contributed by atoms with Crippen LogP contribution >= 0.6 is 0 Å². The zero-order valence-corrected chi connectivity index (χ0v) is 4.90. The molecule has 0 aliphatic heterocycles. The summed E-state index contributed by atoms with van der Waals surface area (Å²) < 4.78 is 4.29. The van der Waals surface area contributed by atoms with Crippen molar-refractivity contribution in [3.05, 3.63) is 0 Å². The topological polar surface area (TPSA) is 68.1 Å². The predicted molar refractivity (Wildman–Crippen MR) is 27.9 cm³/mol. The maximum atomic E-state index is 10.2. The summed E-state index contributed by atoms with van der Waals surface area (Å²) in [5.41, 5.74) is 0. The number of hydrogen-bond acceptors (Lipinski definition) is 3. The fraction of sp³-hybridized carbons (Fsp3) is 0.500. The highest BCUT2D eigenvalue weighted by Gasteiger charge is 1.93. The maximum Gasteiger partial charge on any atom is 0.452 e. The Kier molecular flexibility index (Phi) is 4.20. The highest BCUT2D eigenvalue weighted by Crippen LogP contribution is 1.81. The highest BCUT2D eigenvalue weighted by molar-refractivity contribution is 5.68. The van der Waals surface area contributed by atoms with Crippen molar-refractivity contribution >= 4 is 12.5 Å². The molecule has 0 heterocycles. The van der Waals surface area contributed by atoms with E-state index in [2.05, 4.69) is 15.0 Å². The number of rotatable bonds is 2. The number of azo groups is 1. The average Bonchev–Trinajstić information content (AvgIpc) is 1.85. The molecule has 0 aromatic carbocycles. The van der Waals surface area contributed by atoms with Crippen LogP contribution in [-0.2, 0) is 9.53 Å². The lowest BCUT2D eigenvalue weighted by Crippen LogP contribution is -1.95. The fourth-order valence-corrected chi connectivity index (χ4v) is 0.223. The molecule has 0 aromatic rings. The van der Waals surface area contributed by atoms with Crippen LogP contribution in [0.4, 0.5) is 4.79 Å². The molecule has 0 fully saturated rings. The first-order valence-electron chi connectivity index (χ1n) is 2.32. The van der Waals surface area contributed by atoms with E-state index in [-0.39, 0.29) is 13.0 Å². The molecule has 0 saturated heterocycles. The summed E-state index contributed by atoms with van der Waals surface area (Å²) in [5.74, 6) is 0. The summed E-state index contributed by atoms with van der Waals surface area (Å²) in [7, 11) is 0. The van der Waals surface area contributed by atoms with E-state index in [0.29, 0.717) is 0 Å². The number of carbonyl (C=O) groups is 2. The van der Waals surface area contributed by atoms with Gasteiger partial charge in [-0.1, -0.05) is 5.11 Å². The molecule has 9 heavy (non-hydrogen) atoms. The molecule has 5 heteroatoms. The molecule has 0 aromatic heterocycles. The van der Waals surface area contributed by atoms with Crippen molar-refractivity contribution in [2.75, 3.05) is 6.61 Å². The number of amides is 2. The van der Waals surface area contributed by atoms with Crippen LogP contribution in [0.5, 0.6) is 0 Å². The molecule has 0 unspecified atom stereocenters. The van der Waals surface area contributed by atoms with Gasteiger partial charge >= 0.3 is 6.09 Å². The molecule has 0 N–H and O–H groups in total. The fourth-order valence-electron chi connectivity index (χ4n) is 0.223. The van der Waals surface area contributed by atoms with Crippen LogP contribution in [0.3, 0.4) is 0 Å². The molecule has 0 spiro atoms. The van der Waals surface area contributed by atoms with Crippen LogP contribution in [0, 0.1) is 0 Å². The number of ether oxygens (including phenoxy) is 1. The summed E-state index contributed by atoms with van der Waals surface area (Å²) >= 11 is 0. The van der Waals surface area contributed by atoms with Crippen LogP contribution < -0.4 is 0 Å². The van der Waals surface area contributed by atoms with E-state index in [9.17, 15) is 9.59 Å². The lowest BCUT2D eigenvalue weighted by Gasteiger charge is -1.89. The Morgan fingerprint density at radius 3 is 2.89 bits per heavy atom. The normalized spacial score (nSPS) is 9.44. The third kappa shape index (κ3) is 4.60. The molecule has 2 amide bonds. The van der Waals surface area contributed by atoms with Gasteiger partial charge in [-0.15, -0.1) is 5.11 Å². The monoisotopic (exact) mass is 130 g/mol. The molecule has 0 bridgehead atoms. The van der Waals surface area contributed by atoms with Gasteiger partial charge in [-0.05, 0) is 6.92 Å². The Morgan fingerprint density at radius 2 is 2.44 bits per heavy atom. The minimum atomic E-state index is -0.843. The van der Waals surface area contributed by atoms with Gasteiger partial charge in [-0.25, -0.2) is 4.79 Å². The van der Waals surface area contributed by atoms with Crippen molar-refractivity contribution in [3.8, 4) is 0 Å². The van der Waals surface area contributed by atoms with Gasteiger partial charge in [0.1, 0.15) is 0 Å². The van der Waals surface area contributed by atoms with Crippen molar-refractivity contribution in [2.45, 2.75) is 6.92 Å².